The standard InChI is InChI=1S/C21H22N4O3/c1-27-18-2-4-19(5-3-18)28-13-12-24-21(26)20-14-17(8-11-23-20)25-15-16-6-9-22-10-7-16/h2-11,14H,12-13,15H2,1H3,(H,23,25)(H,24,26). The topological polar surface area (TPSA) is 85.4 Å². The van der Waals surface area contributed by atoms with Crippen LogP contribution in [-0.2, 0) is 6.54 Å². The van der Waals surface area contributed by atoms with E-state index in [0.717, 1.165) is 22.7 Å². The third-order valence-electron chi connectivity index (χ3n) is 3.95. The largest absolute Gasteiger partial charge is 0.497 e. The van der Waals surface area contributed by atoms with Crippen molar-refractivity contribution in [3.05, 3.63) is 78.4 Å². The molecule has 7 heteroatoms. The second-order valence-electron chi connectivity index (χ2n) is 5.92. The molecular formula is C21H22N4O3. The van der Waals surface area contributed by atoms with Crippen LogP contribution in [0.3, 0.4) is 0 Å². The molecule has 0 unspecified atom stereocenters. The fourth-order valence-corrected chi connectivity index (χ4v) is 2.47. The first-order chi connectivity index (χ1) is 13.7. The molecule has 0 saturated heterocycles. The number of anilines is 1. The first-order valence-corrected chi connectivity index (χ1v) is 8.88. The zero-order valence-electron chi connectivity index (χ0n) is 15.6. The van der Waals surface area contributed by atoms with Crippen LogP contribution >= 0.6 is 0 Å². The molecule has 1 amide bonds. The van der Waals surface area contributed by atoms with Crippen LogP contribution in [0.2, 0.25) is 0 Å². The van der Waals surface area contributed by atoms with Crippen molar-refractivity contribution in [1.82, 2.24) is 15.3 Å². The van der Waals surface area contributed by atoms with Crippen LogP contribution in [0.15, 0.2) is 67.1 Å². The predicted molar refractivity (Wildman–Crippen MR) is 107 cm³/mol. The molecule has 144 valence electrons. The summed E-state index contributed by atoms with van der Waals surface area (Å²) in [6.45, 7) is 1.38. The monoisotopic (exact) mass is 378 g/mol. The quantitative estimate of drug-likeness (QED) is 0.557. The highest BCUT2D eigenvalue weighted by Crippen LogP contribution is 2.16. The molecule has 2 aromatic heterocycles. The molecule has 0 aliphatic heterocycles. The number of hydrogen-bond acceptors (Lipinski definition) is 6. The minimum atomic E-state index is -0.245. The van der Waals surface area contributed by atoms with Crippen molar-refractivity contribution < 1.29 is 14.3 Å². The predicted octanol–water partition coefficient (Wildman–Crippen LogP) is 2.91. The fourth-order valence-electron chi connectivity index (χ4n) is 2.47. The average Bonchev–Trinajstić information content (AvgIpc) is 2.76. The second kappa shape index (κ2) is 9.91. The molecule has 1 aromatic carbocycles. The van der Waals surface area contributed by atoms with Crippen LogP contribution in [0.1, 0.15) is 16.1 Å². The number of pyridine rings is 2. The van der Waals surface area contributed by atoms with E-state index >= 15 is 0 Å². The maximum atomic E-state index is 12.3. The van der Waals surface area contributed by atoms with Crippen LogP contribution in [0.5, 0.6) is 11.5 Å². The summed E-state index contributed by atoms with van der Waals surface area (Å²) in [6.07, 6.45) is 5.10. The molecule has 7 nitrogen and oxygen atoms in total. The van der Waals surface area contributed by atoms with Gasteiger partial charge in [-0.15, -0.1) is 0 Å². The number of methoxy groups -OCH3 is 1. The molecule has 0 aliphatic rings. The third-order valence-corrected chi connectivity index (χ3v) is 3.95. The van der Waals surface area contributed by atoms with Crippen molar-refractivity contribution in [3.63, 3.8) is 0 Å². The molecule has 28 heavy (non-hydrogen) atoms. The number of nitrogens with zero attached hydrogens (tertiary/aromatic N) is 2. The van der Waals surface area contributed by atoms with Gasteiger partial charge in [0, 0.05) is 30.8 Å². The average molecular weight is 378 g/mol. The number of amides is 1. The Bertz CT molecular complexity index is 886. The summed E-state index contributed by atoms with van der Waals surface area (Å²) >= 11 is 0. The molecular weight excluding hydrogens is 356 g/mol. The van der Waals surface area contributed by atoms with Gasteiger partial charge in [0.2, 0.25) is 0 Å². The maximum Gasteiger partial charge on any atom is 0.270 e. The van der Waals surface area contributed by atoms with E-state index in [2.05, 4.69) is 20.6 Å². The highest BCUT2D eigenvalue weighted by Gasteiger charge is 2.07. The van der Waals surface area contributed by atoms with E-state index in [1.807, 2.05) is 42.5 Å². The third kappa shape index (κ3) is 5.70. The lowest BCUT2D eigenvalue weighted by molar-refractivity contribution is 0.0942. The van der Waals surface area contributed by atoms with Crippen LogP contribution in [-0.4, -0.2) is 36.1 Å². The smallest absolute Gasteiger partial charge is 0.270 e. The lowest BCUT2D eigenvalue weighted by atomic mass is 10.2. The van der Waals surface area contributed by atoms with Gasteiger partial charge >= 0.3 is 0 Å². The Hall–Kier alpha value is -3.61. The first kappa shape index (κ1) is 19.2. The van der Waals surface area contributed by atoms with Gasteiger partial charge in [0.1, 0.15) is 23.8 Å². The Morgan fingerprint density at radius 3 is 2.50 bits per heavy atom. The van der Waals surface area contributed by atoms with Crippen molar-refractivity contribution >= 4 is 11.6 Å². The Balaban J connectivity index is 1.44. The van der Waals surface area contributed by atoms with E-state index in [-0.39, 0.29) is 5.91 Å². The number of rotatable bonds is 9. The Morgan fingerprint density at radius 2 is 1.75 bits per heavy atom. The summed E-state index contributed by atoms with van der Waals surface area (Å²) in [4.78, 5) is 20.4. The van der Waals surface area contributed by atoms with E-state index in [0.29, 0.717) is 25.4 Å². The number of aromatic nitrogens is 2. The van der Waals surface area contributed by atoms with E-state index < -0.39 is 0 Å². The molecule has 2 heterocycles. The minimum Gasteiger partial charge on any atom is -0.497 e. The molecule has 0 fully saturated rings. The maximum absolute atomic E-state index is 12.3. The number of nitrogens with one attached hydrogen (secondary N) is 2. The van der Waals surface area contributed by atoms with Crippen molar-refractivity contribution in [2.75, 3.05) is 25.6 Å². The van der Waals surface area contributed by atoms with Gasteiger partial charge in [-0.1, -0.05) is 0 Å². The summed E-state index contributed by atoms with van der Waals surface area (Å²) in [5, 5.41) is 6.08. The molecule has 3 rings (SSSR count). The molecule has 0 atom stereocenters. The van der Waals surface area contributed by atoms with Crippen LogP contribution in [0.25, 0.3) is 0 Å². The van der Waals surface area contributed by atoms with Gasteiger partial charge in [0.25, 0.3) is 5.91 Å². The Labute approximate surface area is 163 Å². The molecule has 0 saturated carbocycles. The molecule has 0 bridgehead atoms. The second-order valence-corrected chi connectivity index (χ2v) is 5.92. The molecule has 0 radical (unpaired) electrons. The van der Waals surface area contributed by atoms with Gasteiger partial charge in [-0.25, -0.2) is 0 Å². The highest BCUT2D eigenvalue weighted by atomic mass is 16.5. The van der Waals surface area contributed by atoms with E-state index in [9.17, 15) is 4.79 Å². The van der Waals surface area contributed by atoms with Crippen LogP contribution in [0.4, 0.5) is 5.69 Å². The summed E-state index contributed by atoms with van der Waals surface area (Å²) in [6, 6.07) is 14.7. The molecule has 2 N–H and O–H groups in total. The number of carbonyl (C=O) groups excluding carboxylic acids is 1. The fraction of sp³-hybridized carbons (Fsp3) is 0.190. The summed E-state index contributed by atoms with van der Waals surface area (Å²) in [7, 11) is 1.61. The summed E-state index contributed by atoms with van der Waals surface area (Å²) in [5.74, 6) is 1.24. The van der Waals surface area contributed by atoms with E-state index in [1.165, 1.54) is 0 Å². The number of carbonyl (C=O) groups is 1. The molecule has 0 aliphatic carbocycles. The number of ether oxygens (including phenoxy) is 2. The Kier molecular flexibility index (Phi) is 6.78. The number of benzene rings is 1. The van der Waals surface area contributed by atoms with Crippen LogP contribution < -0.4 is 20.1 Å². The molecule has 3 aromatic rings. The van der Waals surface area contributed by atoms with Crippen molar-refractivity contribution in [2.24, 2.45) is 0 Å². The van der Waals surface area contributed by atoms with E-state index in [1.54, 1.807) is 31.8 Å². The van der Waals surface area contributed by atoms with Gasteiger partial charge in [-0.2, -0.15) is 0 Å². The van der Waals surface area contributed by atoms with Crippen molar-refractivity contribution in [1.29, 1.82) is 0 Å². The summed E-state index contributed by atoms with van der Waals surface area (Å²) in [5.41, 5.74) is 2.28. The first-order valence-electron chi connectivity index (χ1n) is 8.88. The molecule has 0 spiro atoms. The van der Waals surface area contributed by atoms with Gasteiger partial charge < -0.3 is 20.1 Å². The zero-order valence-corrected chi connectivity index (χ0v) is 15.6. The normalized spacial score (nSPS) is 10.2. The lowest BCUT2D eigenvalue weighted by Crippen LogP contribution is -2.28. The van der Waals surface area contributed by atoms with Gasteiger partial charge in [0.05, 0.1) is 13.7 Å². The van der Waals surface area contributed by atoms with Gasteiger partial charge in [-0.3, -0.25) is 14.8 Å². The minimum absolute atomic E-state index is 0.245. The summed E-state index contributed by atoms with van der Waals surface area (Å²) < 4.78 is 10.7. The number of hydrogen-bond donors (Lipinski definition) is 2. The highest BCUT2D eigenvalue weighted by molar-refractivity contribution is 5.93. The lowest BCUT2D eigenvalue weighted by Gasteiger charge is -2.10. The van der Waals surface area contributed by atoms with Crippen molar-refractivity contribution in [2.45, 2.75) is 6.54 Å². The Morgan fingerprint density at radius 1 is 1.00 bits per heavy atom. The van der Waals surface area contributed by atoms with Gasteiger partial charge in [-0.05, 0) is 54.1 Å². The van der Waals surface area contributed by atoms with Crippen LogP contribution in [0, 0.1) is 0 Å². The van der Waals surface area contributed by atoms with Gasteiger partial charge in [0.15, 0.2) is 0 Å². The zero-order chi connectivity index (χ0) is 19.6. The van der Waals surface area contributed by atoms with E-state index in [4.69, 9.17) is 9.47 Å². The SMILES string of the molecule is COc1ccc(OCCNC(=O)c2cc(NCc3ccncc3)ccn2)cc1. The van der Waals surface area contributed by atoms with Crippen molar-refractivity contribution in [3.8, 4) is 11.5 Å².